The Balaban J connectivity index is 3.96. The fourth-order valence-electron chi connectivity index (χ4n) is 1.17. The van der Waals surface area contributed by atoms with Crippen molar-refractivity contribution in [1.82, 2.24) is 4.72 Å². The Morgan fingerprint density at radius 1 is 1.40 bits per heavy atom. The van der Waals surface area contributed by atoms with Gasteiger partial charge < -0.3 is 5.11 Å². The summed E-state index contributed by atoms with van der Waals surface area (Å²) < 4.78 is 28.8. The molecule has 0 heterocycles. The number of nitrogens with one attached hydrogen (secondary N) is 1. The minimum absolute atomic E-state index is 0.0143. The molecule has 92 valence electrons. The molecule has 0 radical (unpaired) electrons. The van der Waals surface area contributed by atoms with Gasteiger partial charge in [-0.15, -0.1) is 0 Å². The van der Waals surface area contributed by atoms with Crippen LogP contribution in [0.4, 0.5) is 0 Å². The van der Waals surface area contributed by atoms with E-state index in [1.807, 2.05) is 20.8 Å². The van der Waals surface area contributed by atoms with E-state index in [0.717, 1.165) is 0 Å². The Hall–Kier alpha value is -0.170. The minimum Gasteiger partial charge on any atom is -0.392 e. The molecule has 0 aliphatic heterocycles. The average molecular weight is 239 g/mol. The molecule has 1 atom stereocenters. The molecule has 0 saturated carbocycles. The molecule has 0 aliphatic carbocycles. The number of hydrogen-bond donors (Lipinski definition) is 2. The molecule has 5 nitrogen and oxygen atoms in total. The van der Waals surface area contributed by atoms with Crippen LogP contribution < -0.4 is 4.72 Å². The average Bonchev–Trinajstić information content (AvgIpc) is 1.98. The topological polar surface area (TPSA) is 75.6 Å². The van der Waals surface area contributed by atoms with Crippen LogP contribution in [0.15, 0.2) is 0 Å². The lowest BCUT2D eigenvalue weighted by Gasteiger charge is -2.22. The molecule has 2 N–H and O–H groups in total. The van der Waals surface area contributed by atoms with Gasteiger partial charge in [0, 0.05) is 6.54 Å². The van der Waals surface area contributed by atoms with Gasteiger partial charge in [-0.3, -0.25) is 4.18 Å². The van der Waals surface area contributed by atoms with Crippen molar-refractivity contribution in [1.29, 1.82) is 0 Å². The monoisotopic (exact) mass is 239 g/mol. The highest BCUT2D eigenvalue weighted by atomic mass is 32.2. The summed E-state index contributed by atoms with van der Waals surface area (Å²) in [6.45, 7) is 7.60. The summed E-state index contributed by atoms with van der Waals surface area (Å²) in [5, 5.41) is 9.53. The van der Waals surface area contributed by atoms with Crippen LogP contribution in [0, 0.1) is 5.41 Å². The Bertz CT molecular complexity index is 268. The quantitative estimate of drug-likeness (QED) is 0.714. The molecule has 0 fully saturated rings. The van der Waals surface area contributed by atoms with E-state index in [1.54, 1.807) is 6.92 Å². The van der Waals surface area contributed by atoms with Crippen LogP contribution in [0.3, 0.4) is 0 Å². The van der Waals surface area contributed by atoms with Gasteiger partial charge in [0.1, 0.15) is 0 Å². The van der Waals surface area contributed by atoms with Gasteiger partial charge in [0.25, 0.3) is 0 Å². The van der Waals surface area contributed by atoms with Gasteiger partial charge >= 0.3 is 10.3 Å². The molecule has 0 spiro atoms. The molecule has 6 heteroatoms. The van der Waals surface area contributed by atoms with Crippen molar-refractivity contribution in [2.75, 3.05) is 13.2 Å². The van der Waals surface area contributed by atoms with Crippen LogP contribution >= 0.6 is 0 Å². The van der Waals surface area contributed by atoms with Crippen LogP contribution in [0.1, 0.15) is 34.1 Å². The number of hydrogen-bond acceptors (Lipinski definition) is 4. The summed E-state index contributed by atoms with van der Waals surface area (Å²) in [4.78, 5) is 0. The maximum absolute atomic E-state index is 11.1. The van der Waals surface area contributed by atoms with Crippen molar-refractivity contribution < 1.29 is 17.7 Å². The van der Waals surface area contributed by atoms with Crippen molar-refractivity contribution in [2.24, 2.45) is 5.41 Å². The zero-order valence-electron chi connectivity index (χ0n) is 9.78. The van der Waals surface area contributed by atoms with Crippen molar-refractivity contribution >= 4 is 10.3 Å². The maximum atomic E-state index is 11.1. The van der Waals surface area contributed by atoms with Gasteiger partial charge in [0.15, 0.2) is 0 Å². The largest absolute Gasteiger partial charge is 0.392 e. The van der Waals surface area contributed by atoms with E-state index < -0.39 is 16.4 Å². The summed E-state index contributed by atoms with van der Waals surface area (Å²) in [6.07, 6.45) is -0.165. The van der Waals surface area contributed by atoms with Gasteiger partial charge in [-0.25, -0.2) is 0 Å². The van der Waals surface area contributed by atoms with E-state index in [-0.39, 0.29) is 18.6 Å². The Morgan fingerprint density at radius 3 is 2.33 bits per heavy atom. The molecule has 0 aromatic carbocycles. The predicted octanol–water partition coefficient (Wildman–Crippen LogP) is 0.654. The summed E-state index contributed by atoms with van der Waals surface area (Å²) >= 11 is 0. The van der Waals surface area contributed by atoms with E-state index in [4.69, 9.17) is 0 Å². The van der Waals surface area contributed by atoms with E-state index in [9.17, 15) is 13.5 Å². The van der Waals surface area contributed by atoms with Crippen LogP contribution in [0.25, 0.3) is 0 Å². The Kier molecular flexibility index (Phi) is 5.72. The SMILES string of the molecule is CCOS(=O)(=O)NCC(O)CC(C)(C)C. The molecule has 0 amide bonds. The first kappa shape index (κ1) is 14.8. The Labute approximate surface area is 92.1 Å². The van der Waals surface area contributed by atoms with Crippen LogP contribution in [-0.2, 0) is 14.5 Å². The van der Waals surface area contributed by atoms with Gasteiger partial charge in [-0.05, 0) is 18.8 Å². The fourth-order valence-corrected chi connectivity index (χ4v) is 1.96. The maximum Gasteiger partial charge on any atom is 0.335 e. The molecular formula is C9H21NO4S. The van der Waals surface area contributed by atoms with E-state index in [2.05, 4.69) is 8.91 Å². The third-order valence-corrected chi connectivity index (χ3v) is 2.68. The lowest BCUT2D eigenvalue weighted by molar-refractivity contribution is 0.123. The molecular weight excluding hydrogens is 218 g/mol. The summed E-state index contributed by atoms with van der Waals surface area (Å²) in [6, 6.07) is 0. The molecule has 0 aromatic heterocycles. The third kappa shape index (κ3) is 8.80. The van der Waals surface area contributed by atoms with Gasteiger partial charge in [0.05, 0.1) is 12.7 Å². The smallest absolute Gasteiger partial charge is 0.335 e. The van der Waals surface area contributed by atoms with Crippen LogP contribution in [0.2, 0.25) is 0 Å². The molecule has 0 bridgehead atoms. The highest BCUT2D eigenvalue weighted by molar-refractivity contribution is 7.84. The summed E-state index contributed by atoms with van der Waals surface area (Å²) in [7, 11) is -3.69. The summed E-state index contributed by atoms with van der Waals surface area (Å²) in [5.41, 5.74) is -0.0313. The highest BCUT2D eigenvalue weighted by Gasteiger charge is 2.18. The van der Waals surface area contributed by atoms with Crippen LogP contribution in [0.5, 0.6) is 0 Å². The normalized spacial score (nSPS) is 15.3. The molecule has 0 saturated heterocycles. The predicted molar refractivity (Wildman–Crippen MR) is 58.6 cm³/mol. The van der Waals surface area contributed by atoms with Gasteiger partial charge in [-0.1, -0.05) is 20.8 Å². The number of aliphatic hydroxyl groups is 1. The van der Waals surface area contributed by atoms with Crippen molar-refractivity contribution in [3.05, 3.63) is 0 Å². The first-order chi connectivity index (χ1) is 6.66. The molecule has 0 aromatic rings. The van der Waals surface area contributed by atoms with Gasteiger partial charge in [-0.2, -0.15) is 13.1 Å². The lowest BCUT2D eigenvalue weighted by atomic mass is 9.89. The fraction of sp³-hybridized carbons (Fsp3) is 1.00. The minimum atomic E-state index is -3.69. The van der Waals surface area contributed by atoms with Crippen molar-refractivity contribution in [3.8, 4) is 0 Å². The first-order valence-corrected chi connectivity index (χ1v) is 6.39. The van der Waals surface area contributed by atoms with E-state index >= 15 is 0 Å². The second-order valence-electron chi connectivity index (χ2n) is 4.63. The second-order valence-corrected chi connectivity index (χ2v) is 6.06. The zero-order valence-corrected chi connectivity index (χ0v) is 10.6. The Morgan fingerprint density at radius 2 is 1.93 bits per heavy atom. The third-order valence-electron chi connectivity index (χ3n) is 1.62. The highest BCUT2D eigenvalue weighted by Crippen LogP contribution is 2.20. The molecule has 0 aliphatic rings. The second kappa shape index (κ2) is 5.79. The van der Waals surface area contributed by atoms with E-state index in [0.29, 0.717) is 6.42 Å². The molecule has 1 unspecified atom stereocenters. The van der Waals surface area contributed by atoms with Crippen LogP contribution in [-0.4, -0.2) is 32.8 Å². The van der Waals surface area contributed by atoms with Crippen molar-refractivity contribution in [3.63, 3.8) is 0 Å². The summed E-state index contributed by atoms with van der Waals surface area (Å²) in [5.74, 6) is 0. The molecule has 15 heavy (non-hydrogen) atoms. The lowest BCUT2D eigenvalue weighted by Crippen LogP contribution is -2.35. The van der Waals surface area contributed by atoms with Crippen molar-refractivity contribution in [2.45, 2.75) is 40.2 Å². The standard InChI is InChI=1S/C9H21NO4S/c1-5-14-15(12,13)10-7-8(11)6-9(2,3)4/h8,10-11H,5-7H2,1-4H3. The molecule has 0 rings (SSSR count). The number of rotatable bonds is 6. The number of aliphatic hydroxyl groups excluding tert-OH is 1. The zero-order chi connectivity index (χ0) is 12.1. The first-order valence-electron chi connectivity index (χ1n) is 4.98. The van der Waals surface area contributed by atoms with E-state index in [1.165, 1.54) is 0 Å². The van der Waals surface area contributed by atoms with Gasteiger partial charge in [0.2, 0.25) is 0 Å².